The number of aromatic nitrogens is 2. The third kappa shape index (κ3) is 2.13. The Bertz CT molecular complexity index is 716. The highest BCUT2D eigenvalue weighted by Gasteiger charge is 2.15. The molecular weight excluding hydrogens is 260 g/mol. The van der Waals surface area contributed by atoms with Gasteiger partial charge in [-0.15, -0.1) is 11.3 Å². The number of imidazole rings is 1. The lowest BCUT2D eigenvalue weighted by Crippen LogP contribution is -2.12. The van der Waals surface area contributed by atoms with Gasteiger partial charge in [-0.25, -0.2) is 4.98 Å². The summed E-state index contributed by atoms with van der Waals surface area (Å²) in [6.45, 7) is 0.171. The molecule has 3 rings (SSSR count). The summed E-state index contributed by atoms with van der Waals surface area (Å²) in [5.41, 5.74) is 1.83. The third-order valence-corrected chi connectivity index (χ3v) is 3.78. The zero-order valence-electron chi connectivity index (χ0n) is 10.4. The predicted molar refractivity (Wildman–Crippen MR) is 75.1 cm³/mol. The maximum absolute atomic E-state index is 11.6. The van der Waals surface area contributed by atoms with E-state index in [9.17, 15) is 4.79 Å². The van der Waals surface area contributed by atoms with E-state index in [0.717, 1.165) is 21.7 Å². The van der Waals surface area contributed by atoms with E-state index in [-0.39, 0.29) is 12.5 Å². The zero-order chi connectivity index (χ0) is 13.2. The van der Waals surface area contributed by atoms with Gasteiger partial charge >= 0.3 is 5.97 Å². The van der Waals surface area contributed by atoms with Crippen molar-refractivity contribution in [3.63, 3.8) is 0 Å². The molecular formula is C14H12N2O2S. The van der Waals surface area contributed by atoms with Gasteiger partial charge in [-0.2, -0.15) is 0 Å². The number of benzene rings is 1. The topological polar surface area (TPSA) is 44.1 Å². The lowest BCUT2D eigenvalue weighted by atomic mass is 10.3. The Hall–Kier alpha value is -2.14. The van der Waals surface area contributed by atoms with E-state index in [0.29, 0.717) is 0 Å². The summed E-state index contributed by atoms with van der Waals surface area (Å²) >= 11 is 1.60. The van der Waals surface area contributed by atoms with Gasteiger partial charge in [0.1, 0.15) is 6.54 Å². The van der Waals surface area contributed by atoms with Crippen molar-refractivity contribution in [2.24, 2.45) is 0 Å². The van der Waals surface area contributed by atoms with Crippen LogP contribution in [0.5, 0.6) is 0 Å². The predicted octanol–water partition coefficient (Wildman–Crippen LogP) is 2.94. The number of ether oxygens (including phenoxy) is 1. The first-order valence-electron chi connectivity index (χ1n) is 5.85. The van der Waals surface area contributed by atoms with Crippen LogP contribution in [0.15, 0.2) is 41.8 Å². The fourth-order valence-electron chi connectivity index (χ4n) is 2.02. The first-order chi connectivity index (χ1) is 9.29. The van der Waals surface area contributed by atoms with Crippen LogP contribution in [0.3, 0.4) is 0 Å². The Balaban J connectivity index is 2.19. The quantitative estimate of drug-likeness (QED) is 0.689. The first-order valence-corrected chi connectivity index (χ1v) is 6.73. The van der Waals surface area contributed by atoms with Gasteiger partial charge in [0.15, 0.2) is 5.82 Å². The van der Waals surface area contributed by atoms with Crippen molar-refractivity contribution >= 4 is 28.3 Å². The van der Waals surface area contributed by atoms with Crippen LogP contribution < -0.4 is 0 Å². The van der Waals surface area contributed by atoms with E-state index < -0.39 is 0 Å². The molecule has 19 heavy (non-hydrogen) atoms. The molecule has 0 N–H and O–H groups in total. The number of hydrogen-bond donors (Lipinski definition) is 0. The minimum absolute atomic E-state index is 0.171. The number of hydrogen-bond acceptors (Lipinski definition) is 4. The van der Waals surface area contributed by atoms with E-state index in [1.54, 1.807) is 11.3 Å². The van der Waals surface area contributed by atoms with Crippen LogP contribution in [0.25, 0.3) is 21.7 Å². The van der Waals surface area contributed by atoms with Crippen LogP contribution in [-0.2, 0) is 16.1 Å². The largest absolute Gasteiger partial charge is 0.468 e. The second-order valence-corrected chi connectivity index (χ2v) is 5.01. The molecule has 96 valence electrons. The fourth-order valence-corrected chi connectivity index (χ4v) is 2.75. The van der Waals surface area contributed by atoms with E-state index in [2.05, 4.69) is 4.98 Å². The molecule has 0 atom stereocenters. The SMILES string of the molecule is COC(=O)Cn1c(-c2cccs2)nc2ccccc21. The molecule has 3 aromatic rings. The van der Waals surface area contributed by atoms with E-state index in [1.807, 2.05) is 46.3 Å². The molecule has 0 amide bonds. The van der Waals surface area contributed by atoms with Gasteiger partial charge in [0.25, 0.3) is 0 Å². The van der Waals surface area contributed by atoms with Crippen molar-refractivity contribution in [2.45, 2.75) is 6.54 Å². The summed E-state index contributed by atoms with van der Waals surface area (Å²) in [5, 5.41) is 2.00. The first kappa shape index (κ1) is 11.9. The summed E-state index contributed by atoms with van der Waals surface area (Å²) in [6, 6.07) is 11.8. The highest BCUT2D eigenvalue weighted by Crippen LogP contribution is 2.28. The molecule has 1 aromatic carbocycles. The number of rotatable bonds is 3. The number of fused-ring (bicyclic) bond motifs is 1. The van der Waals surface area contributed by atoms with Crippen LogP contribution in [0, 0.1) is 0 Å². The van der Waals surface area contributed by atoms with Crippen molar-refractivity contribution < 1.29 is 9.53 Å². The number of carbonyl (C=O) groups is 1. The van der Waals surface area contributed by atoms with Crippen LogP contribution in [0.4, 0.5) is 0 Å². The van der Waals surface area contributed by atoms with Gasteiger partial charge in [-0.1, -0.05) is 18.2 Å². The average Bonchev–Trinajstić information content (AvgIpc) is 3.06. The fraction of sp³-hybridized carbons (Fsp3) is 0.143. The lowest BCUT2D eigenvalue weighted by molar-refractivity contribution is -0.141. The van der Waals surface area contributed by atoms with Crippen molar-refractivity contribution in [2.75, 3.05) is 7.11 Å². The molecule has 2 aromatic heterocycles. The normalized spacial score (nSPS) is 10.8. The smallest absolute Gasteiger partial charge is 0.325 e. The highest BCUT2D eigenvalue weighted by atomic mass is 32.1. The van der Waals surface area contributed by atoms with Crippen molar-refractivity contribution in [3.05, 3.63) is 41.8 Å². The number of carbonyl (C=O) groups excluding carboxylic acids is 1. The van der Waals surface area contributed by atoms with Crippen LogP contribution >= 0.6 is 11.3 Å². The second kappa shape index (κ2) is 4.85. The molecule has 2 heterocycles. The Morgan fingerprint density at radius 1 is 1.32 bits per heavy atom. The maximum Gasteiger partial charge on any atom is 0.325 e. The molecule has 0 aliphatic carbocycles. The molecule has 0 spiro atoms. The minimum atomic E-state index is -0.277. The van der Waals surface area contributed by atoms with Gasteiger partial charge in [0, 0.05) is 0 Å². The molecule has 0 saturated heterocycles. The molecule has 0 unspecified atom stereocenters. The molecule has 0 radical (unpaired) electrons. The van der Waals surface area contributed by atoms with Gasteiger partial charge in [-0.05, 0) is 23.6 Å². The van der Waals surface area contributed by atoms with Crippen LogP contribution in [-0.4, -0.2) is 22.6 Å². The Kier molecular flexibility index (Phi) is 3.05. The lowest BCUT2D eigenvalue weighted by Gasteiger charge is -2.06. The maximum atomic E-state index is 11.6. The van der Waals surface area contributed by atoms with Gasteiger partial charge in [-0.3, -0.25) is 4.79 Å². The average molecular weight is 272 g/mol. The van der Waals surface area contributed by atoms with Crippen LogP contribution in [0.2, 0.25) is 0 Å². The van der Waals surface area contributed by atoms with E-state index in [1.165, 1.54) is 7.11 Å². The molecule has 0 aliphatic heterocycles. The summed E-state index contributed by atoms with van der Waals surface area (Å²) < 4.78 is 6.66. The number of esters is 1. The van der Waals surface area contributed by atoms with Gasteiger partial charge in [0.2, 0.25) is 0 Å². The highest BCUT2D eigenvalue weighted by molar-refractivity contribution is 7.13. The molecule has 0 saturated carbocycles. The molecule has 0 aliphatic rings. The molecule has 4 nitrogen and oxygen atoms in total. The third-order valence-electron chi connectivity index (χ3n) is 2.91. The Morgan fingerprint density at radius 2 is 2.16 bits per heavy atom. The number of methoxy groups -OCH3 is 1. The summed E-state index contributed by atoms with van der Waals surface area (Å²) in [7, 11) is 1.40. The van der Waals surface area contributed by atoms with Crippen molar-refractivity contribution in [1.29, 1.82) is 0 Å². The minimum Gasteiger partial charge on any atom is -0.468 e. The van der Waals surface area contributed by atoms with Gasteiger partial charge in [0.05, 0.1) is 23.0 Å². The molecule has 0 fully saturated rings. The molecule has 5 heteroatoms. The van der Waals surface area contributed by atoms with Crippen molar-refractivity contribution in [1.82, 2.24) is 9.55 Å². The number of nitrogens with zero attached hydrogens (tertiary/aromatic N) is 2. The summed E-state index contributed by atoms with van der Waals surface area (Å²) in [6.07, 6.45) is 0. The molecule has 0 bridgehead atoms. The monoisotopic (exact) mass is 272 g/mol. The Labute approximate surface area is 114 Å². The van der Waals surface area contributed by atoms with Crippen LogP contribution in [0.1, 0.15) is 0 Å². The van der Waals surface area contributed by atoms with Crippen molar-refractivity contribution in [3.8, 4) is 10.7 Å². The zero-order valence-corrected chi connectivity index (χ0v) is 11.2. The Morgan fingerprint density at radius 3 is 2.89 bits per heavy atom. The van der Waals surface area contributed by atoms with Gasteiger partial charge < -0.3 is 9.30 Å². The summed E-state index contributed by atoms with van der Waals surface area (Å²) in [5.74, 6) is 0.530. The van der Waals surface area contributed by atoms with E-state index in [4.69, 9.17) is 4.74 Å². The summed E-state index contributed by atoms with van der Waals surface area (Å²) in [4.78, 5) is 17.2. The van der Waals surface area contributed by atoms with E-state index >= 15 is 0 Å². The second-order valence-electron chi connectivity index (χ2n) is 4.06. The standard InChI is InChI=1S/C14H12N2O2S/c1-18-13(17)9-16-11-6-3-2-5-10(11)15-14(16)12-7-4-8-19-12/h2-8H,9H2,1H3. The number of para-hydroxylation sites is 2. The number of thiophene rings is 1.